The lowest BCUT2D eigenvalue weighted by atomic mass is 9.73. The number of benzene rings is 2. The van der Waals surface area contributed by atoms with Gasteiger partial charge < -0.3 is 18.7 Å². The molecule has 1 fully saturated rings. The summed E-state index contributed by atoms with van der Waals surface area (Å²) in [7, 11) is 4.29. The Bertz CT molecular complexity index is 1100. The van der Waals surface area contributed by atoms with Crippen molar-refractivity contribution < 1.29 is 18.7 Å². The number of nitrogens with zero attached hydrogens (tertiary/aromatic N) is 2. The second-order valence-corrected chi connectivity index (χ2v) is 11.0. The molecule has 7 heteroatoms. The van der Waals surface area contributed by atoms with Gasteiger partial charge in [0.15, 0.2) is 11.7 Å². The predicted molar refractivity (Wildman–Crippen MR) is 138 cm³/mol. The summed E-state index contributed by atoms with van der Waals surface area (Å²) in [6.07, 6.45) is 7.78. The summed E-state index contributed by atoms with van der Waals surface area (Å²) < 4.78 is 12.7. The summed E-state index contributed by atoms with van der Waals surface area (Å²) in [6.45, 7) is 2.09. The van der Waals surface area contributed by atoms with Crippen LogP contribution in [-0.2, 0) is 12.1 Å². The third kappa shape index (κ3) is 6.39. The van der Waals surface area contributed by atoms with Crippen molar-refractivity contribution in [3.05, 3.63) is 82.0 Å². The average Bonchev–Trinajstić information content (AvgIpc) is 3.33. The van der Waals surface area contributed by atoms with Crippen LogP contribution >= 0.6 is 23.2 Å². The monoisotopic (exact) mass is 516 g/mol. The first-order valence-electron chi connectivity index (χ1n) is 12.4. The fourth-order valence-electron chi connectivity index (χ4n) is 5.03. The molecule has 1 aromatic heterocycles. The maximum atomic E-state index is 14.4. The molecule has 1 atom stereocenters. The lowest BCUT2D eigenvalue weighted by Crippen LogP contribution is -2.49. The molecule has 1 saturated carbocycles. The summed E-state index contributed by atoms with van der Waals surface area (Å²) in [5.74, 6) is 1.74. The van der Waals surface area contributed by atoms with Crippen LogP contribution in [0.4, 0.5) is 0 Å². The first kappa shape index (κ1) is 26.0. The number of ether oxygens (including phenoxy) is 1. The maximum absolute atomic E-state index is 14.4. The molecule has 0 aliphatic heterocycles. The second kappa shape index (κ2) is 11.3. The Labute approximate surface area is 218 Å². The molecular formula is C28H34Cl2N2O3. The van der Waals surface area contributed by atoms with E-state index in [0.29, 0.717) is 39.3 Å². The normalized spacial score (nSPS) is 16.7. The van der Waals surface area contributed by atoms with Crippen molar-refractivity contribution in [2.24, 2.45) is 5.92 Å². The first-order chi connectivity index (χ1) is 16.8. The molecule has 5 nitrogen and oxygen atoms in total. The number of rotatable bonds is 10. The number of hydrogen-bond donors (Lipinski definition) is 0. The molecule has 3 aromatic rings. The van der Waals surface area contributed by atoms with Gasteiger partial charge in [-0.3, -0.25) is 0 Å². The highest BCUT2D eigenvalue weighted by molar-refractivity contribution is 6.42. The van der Waals surface area contributed by atoms with Gasteiger partial charge in [-0.1, -0.05) is 85.6 Å². The highest BCUT2D eigenvalue weighted by Crippen LogP contribution is 2.41. The lowest BCUT2D eigenvalue weighted by molar-refractivity contribution is -0.904. The molecule has 0 bridgehead atoms. The Hall–Kier alpha value is -2.05. The fraction of sp³-hybridized carbons (Fsp3) is 0.464. The van der Waals surface area contributed by atoms with Crippen molar-refractivity contribution >= 4 is 23.2 Å². The van der Waals surface area contributed by atoms with E-state index >= 15 is 0 Å². The Kier molecular flexibility index (Phi) is 8.43. The van der Waals surface area contributed by atoms with E-state index < -0.39 is 5.60 Å². The van der Waals surface area contributed by atoms with Crippen molar-refractivity contribution in [2.45, 2.75) is 50.7 Å². The molecule has 0 unspecified atom stereocenters. The SMILES string of the molecule is C[N+](C)(CCCOc1ccc(Cl)c(Cl)c1)Cc1cnc([C@]([O-])(c2ccccc2)C2CCCCC2)o1. The van der Waals surface area contributed by atoms with Crippen molar-refractivity contribution in [1.82, 2.24) is 4.98 Å². The van der Waals surface area contributed by atoms with Gasteiger partial charge in [0.1, 0.15) is 12.3 Å². The second-order valence-electron chi connectivity index (χ2n) is 10.2. The van der Waals surface area contributed by atoms with Crippen LogP contribution in [0.15, 0.2) is 59.1 Å². The predicted octanol–water partition coefficient (Wildman–Crippen LogP) is 6.21. The number of quaternary nitrogens is 1. The van der Waals surface area contributed by atoms with E-state index in [0.717, 1.165) is 50.0 Å². The summed E-state index contributed by atoms with van der Waals surface area (Å²) in [5.41, 5.74) is -0.710. The van der Waals surface area contributed by atoms with Gasteiger partial charge in [-0.05, 0) is 29.2 Å². The number of hydrogen-bond acceptors (Lipinski definition) is 4. The van der Waals surface area contributed by atoms with Crippen LogP contribution in [0.5, 0.6) is 5.75 Å². The van der Waals surface area contributed by atoms with Crippen LogP contribution in [0.2, 0.25) is 10.0 Å². The average molecular weight is 517 g/mol. The third-order valence-corrected chi connectivity index (χ3v) is 7.64. The van der Waals surface area contributed by atoms with Gasteiger partial charge in [-0.25, -0.2) is 4.98 Å². The van der Waals surface area contributed by atoms with Gasteiger partial charge in [0.2, 0.25) is 0 Å². The number of halogens is 2. The zero-order chi connectivity index (χ0) is 24.9. The number of oxazole rings is 1. The van der Waals surface area contributed by atoms with Gasteiger partial charge in [0, 0.05) is 12.5 Å². The molecule has 1 heterocycles. The Morgan fingerprint density at radius 2 is 1.80 bits per heavy atom. The van der Waals surface area contributed by atoms with Crippen molar-refractivity contribution in [3.63, 3.8) is 0 Å². The molecule has 0 amide bonds. The van der Waals surface area contributed by atoms with Crippen LogP contribution in [0.25, 0.3) is 0 Å². The Morgan fingerprint density at radius 3 is 2.51 bits per heavy atom. The fourth-order valence-corrected chi connectivity index (χ4v) is 5.32. The van der Waals surface area contributed by atoms with Gasteiger partial charge in [0.05, 0.1) is 43.5 Å². The summed E-state index contributed by atoms with van der Waals surface area (Å²) in [5, 5.41) is 15.4. The molecular weight excluding hydrogens is 483 g/mol. The minimum atomic E-state index is -1.45. The van der Waals surface area contributed by atoms with Gasteiger partial charge in [0.25, 0.3) is 0 Å². The Balaban J connectivity index is 1.40. The topological polar surface area (TPSA) is 58.3 Å². The minimum absolute atomic E-state index is 0.00818. The van der Waals surface area contributed by atoms with E-state index in [2.05, 4.69) is 19.1 Å². The zero-order valence-electron chi connectivity index (χ0n) is 20.5. The molecule has 1 aliphatic rings. The maximum Gasteiger partial charge on any atom is 0.188 e. The smallest absolute Gasteiger partial charge is 0.188 e. The van der Waals surface area contributed by atoms with Crippen LogP contribution in [0.3, 0.4) is 0 Å². The first-order valence-corrected chi connectivity index (χ1v) is 13.1. The minimum Gasteiger partial charge on any atom is -0.839 e. The van der Waals surface area contributed by atoms with E-state index in [1.165, 1.54) is 6.42 Å². The molecule has 188 valence electrons. The van der Waals surface area contributed by atoms with Crippen molar-refractivity contribution in [2.75, 3.05) is 27.2 Å². The molecule has 35 heavy (non-hydrogen) atoms. The van der Waals surface area contributed by atoms with E-state index in [4.69, 9.17) is 32.4 Å². The third-order valence-electron chi connectivity index (χ3n) is 6.91. The molecule has 2 aromatic carbocycles. The zero-order valence-corrected chi connectivity index (χ0v) is 22.0. The van der Waals surface area contributed by atoms with E-state index in [-0.39, 0.29) is 5.92 Å². The molecule has 0 saturated heterocycles. The van der Waals surface area contributed by atoms with Crippen LogP contribution in [-0.4, -0.2) is 36.7 Å². The van der Waals surface area contributed by atoms with E-state index in [9.17, 15) is 5.11 Å². The number of aromatic nitrogens is 1. The summed E-state index contributed by atoms with van der Waals surface area (Å²) in [4.78, 5) is 4.54. The van der Waals surface area contributed by atoms with Crippen LogP contribution < -0.4 is 9.84 Å². The highest BCUT2D eigenvalue weighted by atomic mass is 35.5. The summed E-state index contributed by atoms with van der Waals surface area (Å²) in [6, 6.07) is 14.9. The molecule has 0 radical (unpaired) electrons. The lowest BCUT2D eigenvalue weighted by Gasteiger charge is -2.46. The van der Waals surface area contributed by atoms with Crippen LogP contribution in [0, 0.1) is 5.92 Å². The molecule has 1 aliphatic carbocycles. The molecule has 4 rings (SSSR count). The van der Waals surface area contributed by atoms with E-state index in [1.54, 1.807) is 18.3 Å². The summed E-state index contributed by atoms with van der Waals surface area (Å²) >= 11 is 12.0. The van der Waals surface area contributed by atoms with Gasteiger partial charge >= 0.3 is 0 Å². The molecule has 0 N–H and O–H groups in total. The quantitative estimate of drug-likeness (QED) is 0.237. The van der Waals surface area contributed by atoms with Gasteiger partial charge in [-0.2, -0.15) is 0 Å². The van der Waals surface area contributed by atoms with Crippen LogP contribution in [0.1, 0.15) is 55.7 Å². The molecule has 0 spiro atoms. The highest BCUT2D eigenvalue weighted by Gasteiger charge is 2.36. The van der Waals surface area contributed by atoms with Crippen molar-refractivity contribution in [1.29, 1.82) is 0 Å². The Morgan fingerprint density at radius 1 is 1.06 bits per heavy atom. The standard InChI is InChI=1S/C28H34Cl2N2O3/c1-32(2,16-9-17-34-23-14-15-25(29)26(30)18-23)20-24-19-31-27(35-24)28(33,21-10-5-3-6-11-21)22-12-7-4-8-13-22/h3,5-6,10-11,14-15,18-19,22H,4,7-9,12-13,16-17,20H2,1-2H3/t28-/m0/s1. The van der Waals surface area contributed by atoms with Crippen molar-refractivity contribution in [3.8, 4) is 5.75 Å². The van der Waals surface area contributed by atoms with Gasteiger partial charge in [-0.15, -0.1) is 0 Å². The van der Waals surface area contributed by atoms with E-state index in [1.807, 2.05) is 36.4 Å². The largest absolute Gasteiger partial charge is 0.839 e.